The van der Waals surface area contributed by atoms with Crippen molar-refractivity contribution in [1.29, 1.82) is 0 Å². The number of imide groups is 1. The van der Waals surface area contributed by atoms with E-state index in [1.54, 1.807) is 0 Å². The number of amides is 2. The van der Waals surface area contributed by atoms with Gasteiger partial charge in [-0.25, -0.2) is 4.79 Å². The van der Waals surface area contributed by atoms with Gasteiger partial charge in [0.1, 0.15) is 22.8 Å². The molecule has 1 aromatic heterocycles. The fourth-order valence-corrected chi connectivity index (χ4v) is 28.1. The summed E-state index contributed by atoms with van der Waals surface area (Å²) < 4.78 is 130. The molecule has 1 aliphatic heterocycles. The number of hydrogen-bond acceptors (Lipinski definition) is 39. The average Bonchev–Trinajstić information content (AvgIpc) is 1.60. The number of nitrogens with zero attached hydrogens (tertiary/aromatic N) is 4. The lowest BCUT2D eigenvalue weighted by atomic mass is 10.0. The van der Waals surface area contributed by atoms with Crippen molar-refractivity contribution in [3.8, 4) is 23.7 Å². The van der Waals surface area contributed by atoms with Gasteiger partial charge in [0.25, 0.3) is 35.3 Å². The molecule has 0 radical (unpaired) electrons. The number of unbranched alkanes of at least 4 members (excludes halogenated alkanes) is 29. The third-order valence-corrected chi connectivity index (χ3v) is 38.4. The topological polar surface area (TPSA) is 506 Å². The van der Waals surface area contributed by atoms with Crippen molar-refractivity contribution in [2.24, 2.45) is 66.0 Å². The third kappa shape index (κ3) is 70.1. The van der Waals surface area contributed by atoms with Gasteiger partial charge >= 0.3 is 18.1 Å². The van der Waals surface area contributed by atoms with E-state index in [1.807, 2.05) is 76.5 Å². The minimum Gasteiger partial charge on any atom is -0.779 e. The van der Waals surface area contributed by atoms with Crippen LogP contribution < -0.4 is 35.1 Å². The zero-order chi connectivity index (χ0) is 105. The van der Waals surface area contributed by atoms with E-state index in [0.29, 0.717) is 136 Å². The van der Waals surface area contributed by atoms with Gasteiger partial charge in [-0.05, 0) is 227 Å². The number of phosphoric ester groups is 3. The molecule has 1 saturated heterocycles. The minimum atomic E-state index is -4.26. The van der Waals surface area contributed by atoms with Gasteiger partial charge in [-0.2, -0.15) is 0 Å². The summed E-state index contributed by atoms with van der Waals surface area (Å²) in [5.41, 5.74) is 7.78. The SMILES string of the molecule is CP(=O)([O-])OCCCCCCSSCCCCCCOP(=O)([O-])OCCCCCCCC(=O)OCC1[C@H]2CCC#CCC[C@@H]12.CP(=O)([O-])OCCCCCCSSCCCCCCOP(=O)([O-])OCCCCCCN.Cn1nnc2c1CC[C@H]1[C@@H](CC2)[C@H]1COC(=O)CCCCCCCOP(=O)([O-])OCCCCCCSSCCCCCCOP(C)(=O)[O-].O=C(OCC1[C@H]2CCC#CCC[C@@H]12)ON1C(=O)CCC1=O. The van der Waals surface area contributed by atoms with Crippen molar-refractivity contribution >= 4 is 141 Å². The van der Waals surface area contributed by atoms with Crippen molar-refractivity contribution in [2.45, 2.75) is 347 Å². The van der Waals surface area contributed by atoms with Gasteiger partial charge in [-0.3, -0.25) is 42.4 Å². The predicted octanol–water partition coefficient (Wildman–Crippen LogP) is 20.5. The van der Waals surface area contributed by atoms with Crippen LogP contribution >= 0.6 is 111 Å². The summed E-state index contributed by atoms with van der Waals surface area (Å²) in [5.74, 6) is 23.1. The Hall–Kier alpha value is -1.55. The molecule has 0 bridgehead atoms. The molecular weight excluding hydrogens is 2090 g/mol. The highest BCUT2D eigenvalue weighted by atomic mass is 33.1. The number of hydroxylamine groups is 2. The molecule has 0 spiro atoms. The average molecular weight is 2260 g/mol. The molecule has 35 nitrogen and oxygen atoms in total. The Balaban J connectivity index is 0.000000351. The molecule has 1 aromatic rings. The summed E-state index contributed by atoms with van der Waals surface area (Å²) >= 11 is 0. The molecule has 2 heterocycles. The molecule has 834 valence electrons. The number of hydrogen-bond donors (Lipinski definition) is 1. The fourth-order valence-electron chi connectivity index (χ4n) is 17.5. The van der Waals surface area contributed by atoms with Crippen molar-refractivity contribution in [2.75, 3.05) is 140 Å². The van der Waals surface area contributed by atoms with E-state index in [0.717, 1.165) is 343 Å². The smallest absolute Gasteiger partial charge is 0.533 e. The third-order valence-electron chi connectivity index (χ3n) is 25.7. The van der Waals surface area contributed by atoms with Gasteiger partial charge < -0.3 is 104 Å². The minimum absolute atomic E-state index is 0.0822. The predicted molar refractivity (Wildman–Crippen MR) is 562 cm³/mol. The van der Waals surface area contributed by atoms with Crippen molar-refractivity contribution in [3.63, 3.8) is 0 Å². The Morgan fingerprint density at radius 2 is 0.590 bits per heavy atom. The first-order valence-corrected chi connectivity index (χ1v) is 70.8. The zero-order valence-corrected chi connectivity index (χ0v) is 96.3. The van der Waals surface area contributed by atoms with E-state index >= 15 is 0 Å². The van der Waals surface area contributed by atoms with Crippen molar-refractivity contribution in [1.82, 2.24) is 20.1 Å². The van der Waals surface area contributed by atoms with Crippen molar-refractivity contribution < 1.29 is 140 Å². The van der Waals surface area contributed by atoms with Crippen LogP contribution in [0.2, 0.25) is 0 Å². The summed E-state index contributed by atoms with van der Waals surface area (Å²) in [6, 6.07) is 0. The fraction of sp³-hybridized carbons (Fsp3) is 0.887. The molecule has 0 aromatic carbocycles. The normalized spacial score (nSPS) is 21.7. The number of fused-ring (bicyclic) bond motifs is 4. The molecule has 3 saturated carbocycles. The van der Waals surface area contributed by atoms with Crippen LogP contribution in [0, 0.1) is 76.9 Å². The summed E-state index contributed by atoms with van der Waals surface area (Å²) in [6.07, 6.45) is 47.2. The Kier molecular flexibility index (Phi) is 74.1. The summed E-state index contributed by atoms with van der Waals surface area (Å²) in [7, 11) is -10.2. The lowest BCUT2D eigenvalue weighted by Gasteiger charge is -2.22. The highest BCUT2D eigenvalue weighted by Crippen LogP contribution is 2.55. The number of rotatable bonds is 83. The van der Waals surface area contributed by atoms with Crippen LogP contribution in [0.5, 0.6) is 0 Å². The number of ether oxygens (including phenoxy) is 3. The van der Waals surface area contributed by atoms with Gasteiger partial charge in [-0.1, -0.05) is 203 Å². The zero-order valence-electron chi connectivity index (χ0n) is 86.1. The lowest BCUT2D eigenvalue weighted by molar-refractivity contribution is -0.227. The Labute approximate surface area is 883 Å². The first-order chi connectivity index (χ1) is 69.2. The summed E-state index contributed by atoms with van der Waals surface area (Å²) in [5, 5.41) is 8.96. The first kappa shape index (κ1) is 133. The summed E-state index contributed by atoms with van der Waals surface area (Å²) in [6.45, 7) is 7.11. The molecule has 8 unspecified atom stereocenters. The molecule has 7 aliphatic rings. The van der Waals surface area contributed by atoms with Gasteiger partial charge in [-0.15, -0.1) is 28.8 Å². The van der Waals surface area contributed by atoms with Gasteiger partial charge in [0.05, 0.1) is 90.7 Å². The molecule has 4 fully saturated rings. The van der Waals surface area contributed by atoms with Crippen LogP contribution in [0.1, 0.15) is 345 Å². The number of aromatic nitrogens is 3. The molecule has 2 amide bonds. The van der Waals surface area contributed by atoms with E-state index in [1.165, 1.54) is 5.69 Å². The first-order valence-electron chi connectivity index (χ1n) is 53.0. The van der Waals surface area contributed by atoms with Crippen LogP contribution in [0.15, 0.2) is 0 Å². The monoisotopic (exact) mass is 2260 g/mol. The van der Waals surface area contributed by atoms with Crippen LogP contribution in [-0.4, -0.2) is 190 Å². The Morgan fingerprint density at radius 1 is 0.340 bits per heavy atom. The van der Waals surface area contributed by atoms with Gasteiger partial charge in [0.2, 0.25) is 0 Å². The van der Waals surface area contributed by atoms with E-state index in [-0.39, 0.29) is 84.2 Å². The van der Waals surface area contributed by atoms with E-state index < -0.39 is 64.2 Å². The Morgan fingerprint density at radius 3 is 0.882 bits per heavy atom. The number of carbonyl (C=O) groups is 5. The van der Waals surface area contributed by atoms with Crippen LogP contribution in [0.25, 0.3) is 0 Å². The second-order valence-corrected chi connectivity index (χ2v) is 55.7. The van der Waals surface area contributed by atoms with E-state index in [2.05, 4.69) is 38.8 Å². The standard InChI is InChI=1S/C32H59N3O9P2S2.C31H56O9P2S2.C19H43NO7P2S2.C15H17NO5/c1-35-31-20-18-28-27(17-19-30(31)33-34-35)29(28)26-41-32(36)16-10-4-3-5-12-22-43-46(39,40)44-23-13-7-9-15-25-48-47-24-14-8-6-11-21-42-45(2,37)38;1-41(33,34)38-22-14-7-9-17-25-43-44-26-18-10-8-16-24-40-42(35,36)39-23-15-6-2-3-13-21-31(32)37-27-30-28-19-11-4-5-12-20-29(28)30;1-28(21,22)25-15-9-4-6-12-18-30-31-19-13-7-5-11-17-27-29(23,24)26-16-10-3-2-8-14-20;17-13-7-8-14(18)16(13)21-15(19)20-9-12-10-5-3-1-2-4-6-11(10)12/h27-29H,3-26H2,1-2H3,(H,37,38)(H,39,40);28-30H,2-3,6-27H2,1H3,(H,33,34)(H,35,36);2-20H2,1H3,(H,21,22)(H,23,24);10-12H,3-9H2/p-6/t27-,28+,29-;28-,29+,30?;;10-,11+,12?/m1.../s1. The van der Waals surface area contributed by atoms with Gasteiger partial charge in [0, 0.05) is 113 Å². The van der Waals surface area contributed by atoms with Crippen LogP contribution in [0.4, 0.5) is 4.79 Å². The number of nitrogens with two attached hydrogens (primary N) is 1. The number of phosphoric acid groups is 3. The highest BCUT2D eigenvalue weighted by Gasteiger charge is 2.52. The lowest BCUT2D eigenvalue weighted by Crippen LogP contribution is -2.32. The molecule has 15 atom stereocenters. The quantitative estimate of drug-likeness (QED) is 0.0120. The van der Waals surface area contributed by atoms with E-state index in [4.69, 9.17) is 60.7 Å². The van der Waals surface area contributed by atoms with Crippen LogP contribution in [-0.2, 0) is 126 Å². The largest absolute Gasteiger partial charge is 0.779 e. The maximum absolute atomic E-state index is 12.3. The second kappa shape index (κ2) is 80.3. The second-order valence-electron chi connectivity index (χ2n) is 37.9. The van der Waals surface area contributed by atoms with Gasteiger partial charge in [0.15, 0.2) is 0 Å². The maximum Gasteiger partial charge on any atom is 0.533 e. The molecular formula is C97H169N5O30P6S6-6. The summed E-state index contributed by atoms with van der Waals surface area (Å²) in [4.78, 5) is 131. The molecule has 144 heavy (non-hydrogen) atoms. The van der Waals surface area contributed by atoms with Crippen LogP contribution in [0.3, 0.4) is 0 Å². The highest BCUT2D eigenvalue weighted by molar-refractivity contribution is 8.77. The molecule has 8 rings (SSSR count). The molecule has 2 N–H and O–H groups in total. The number of esters is 2. The number of carbonyl (C=O) groups excluding carboxylic acids is 5. The number of aryl methyl sites for hydroxylation is 2. The molecule has 47 heteroatoms. The van der Waals surface area contributed by atoms with E-state index in [9.17, 15) is 80.7 Å². The Bertz CT molecular complexity index is 4060. The van der Waals surface area contributed by atoms with Crippen molar-refractivity contribution in [3.05, 3.63) is 11.4 Å². The maximum atomic E-state index is 12.3. The molecule has 6 aliphatic carbocycles.